The molecule has 1 aromatic rings. The molecule has 0 amide bonds. The van der Waals surface area contributed by atoms with E-state index in [-0.39, 0.29) is 12.4 Å². The summed E-state index contributed by atoms with van der Waals surface area (Å²) < 4.78 is 28.3. The molecule has 0 spiro atoms. The first-order chi connectivity index (χ1) is 8.96. The van der Waals surface area contributed by atoms with Crippen molar-refractivity contribution in [1.29, 1.82) is 5.26 Å². The van der Waals surface area contributed by atoms with Gasteiger partial charge in [0.15, 0.2) is 9.84 Å². The summed E-state index contributed by atoms with van der Waals surface area (Å²) in [5.74, 6) is -1.58. The molecule has 0 aliphatic carbocycles. The number of esters is 1. The van der Waals surface area contributed by atoms with Crippen LogP contribution < -0.4 is 0 Å². The highest BCUT2D eigenvalue weighted by Gasteiger charge is 2.18. The molecule has 6 heteroatoms. The highest BCUT2D eigenvalue weighted by Crippen LogP contribution is 2.09. The number of carbonyl (C=O) groups excluding carboxylic acids is 1. The van der Waals surface area contributed by atoms with Gasteiger partial charge in [0, 0.05) is 0 Å². The number of sulfone groups is 1. The third-order valence-corrected chi connectivity index (χ3v) is 3.72. The quantitative estimate of drug-likeness (QED) is 0.736. The topological polar surface area (TPSA) is 84.2 Å². The molecule has 0 aromatic heterocycles. The summed E-state index contributed by atoms with van der Waals surface area (Å²) in [5.41, 5.74) is 1.01. The zero-order valence-electron chi connectivity index (χ0n) is 10.6. The van der Waals surface area contributed by atoms with Crippen LogP contribution in [0.3, 0.4) is 0 Å². The second-order valence-electron chi connectivity index (χ2n) is 4.06. The van der Waals surface area contributed by atoms with Gasteiger partial charge in [-0.1, -0.05) is 19.1 Å². The average Bonchev–Trinajstić information content (AvgIpc) is 2.36. The lowest BCUT2D eigenvalue weighted by molar-refractivity contribution is -0.140. The van der Waals surface area contributed by atoms with Gasteiger partial charge in [0.05, 0.1) is 24.0 Å². The fraction of sp³-hybridized carbons (Fsp3) is 0.385. The minimum atomic E-state index is -3.54. The summed E-state index contributed by atoms with van der Waals surface area (Å²) in [5, 5.41) is 8.63. The van der Waals surface area contributed by atoms with E-state index >= 15 is 0 Å². The predicted molar refractivity (Wildman–Crippen MR) is 69.9 cm³/mol. The van der Waals surface area contributed by atoms with Crippen LogP contribution in [0.5, 0.6) is 0 Å². The lowest BCUT2D eigenvalue weighted by atomic mass is 10.2. The third kappa shape index (κ3) is 5.53. The Bertz CT molecular complexity index is 570. The average molecular weight is 281 g/mol. The number of carbonyl (C=O) groups is 1. The minimum absolute atomic E-state index is 0.227. The monoisotopic (exact) mass is 281 g/mol. The first-order valence-corrected chi connectivity index (χ1v) is 7.64. The van der Waals surface area contributed by atoms with Crippen molar-refractivity contribution in [3.05, 3.63) is 35.4 Å². The van der Waals surface area contributed by atoms with Crippen LogP contribution in [0.1, 0.15) is 24.5 Å². The van der Waals surface area contributed by atoms with E-state index in [0.29, 0.717) is 17.5 Å². The van der Waals surface area contributed by atoms with Gasteiger partial charge in [-0.3, -0.25) is 4.79 Å². The molecule has 0 bridgehead atoms. The number of nitriles is 1. The largest absolute Gasteiger partial charge is 0.465 e. The van der Waals surface area contributed by atoms with E-state index in [4.69, 9.17) is 10.00 Å². The molecule has 1 aromatic carbocycles. The Kier molecular flexibility index (Phi) is 5.52. The smallest absolute Gasteiger partial charge is 0.321 e. The number of ether oxygens (including phenoxy) is 1. The Hall–Kier alpha value is -1.87. The predicted octanol–water partition coefficient (Wildman–Crippen LogP) is 1.43. The van der Waals surface area contributed by atoms with Crippen molar-refractivity contribution >= 4 is 15.8 Å². The van der Waals surface area contributed by atoms with Gasteiger partial charge in [-0.2, -0.15) is 5.26 Å². The number of hydrogen-bond acceptors (Lipinski definition) is 5. The van der Waals surface area contributed by atoms with Crippen molar-refractivity contribution < 1.29 is 17.9 Å². The second kappa shape index (κ2) is 6.90. The van der Waals surface area contributed by atoms with Crippen LogP contribution in [0, 0.1) is 11.3 Å². The van der Waals surface area contributed by atoms with Gasteiger partial charge in [0.2, 0.25) is 0 Å². The highest BCUT2D eigenvalue weighted by molar-refractivity contribution is 7.91. The molecule has 102 valence electrons. The highest BCUT2D eigenvalue weighted by atomic mass is 32.2. The molecule has 0 saturated heterocycles. The molecular weight excluding hydrogens is 266 g/mol. The summed E-state index contributed by atoms with van der Waals surface area (Å²) >= 11 is 0. The molecule has 0 saturated carbocycles. The maximum atomic E-state index is 11.8. The summed E-state index contributed by atoms with van der Waals surface area (Å²) in [6.07, 6.45) is 0.654. The zero-order chi connectivity index (χ0) is 14.3. The summed E-state index contributed by atoms with van der Waals surface area (Å²) in [6, 6.07) is 8.16. The molecule has 0 heterocycles. The molecule has 19 heavy (non-hydrogen) atoms. The van der Waals surface area contributed by atoms with Crippen LogP contribution in [0.2, 0.25) is 0 Å². The van der Waals surface area contributed by atoms with Crippen molar-refractivity contribution in [3.63, 3.8) is 0 Å². The van der Waals surface area contributed by atoms with E-state index in [2.05, 4.69) is 0 Å². The van der Waals surface area contributed by atoms with Crippen LogP contribution in [0.4, 0.5) is 0 Å². The summed E-state index contributed by atoms with van der Waals surface area (Å²) in [7, 11) is -3.54. The first kappa shape index (κ1) is 15.2. The van der Waals surface area contributed by atoms with Crippen molar-refractivity contribution in [1.82, 2.24) is 0 Å². The van der Waals surface area contributed by atoms with Crippen molar-refractivity contribution in [2.45, 2.75) is 19.1 Å². The van der Waals surface area contributed by atoms with Crippen LogP contribution in [0.15, 0.2) is 24.3 Å². The van der Waals surface area contributed by atoms with Crippen molar-refractivity contribution in [2.75, 3.05) is 12.4 Å². The maximum Gasteiger partial charge on any atom is 0.321 e. The molecule has 0 fully saturated rings. The Morgan fingerprint density at radius 2 is 1.95 bits per heavy atom. The number of benzene rings is 1. The Morgan fingerprint density at radius 3 is 2.47 bits per heavy atom. The number of rotatable bonds is 6. The lowest BCUT2D eigenvalue weighted by Crippen LogP contribution is -2.20. The number of nitrogens with zero attached hydrogens (tertiary/aromatic N) is 1. The molecule has 5 nitrogen and oxygen atoms in total. The second-order valence-corrected chi connectivity index (χ2v) is 6.13. The molecule has 0 atom stereocenters. The van der Waals surface area contributed by atoms with E-state index < -0.39 is 21.6 Å². The van der Waals surface area contributed by atoms with Gasteiger partial charge < -0.3 is 4.74 Å². The van der Waals surface area contributed by atoms with Gasteiger partial charge in [-0.05, 0) is 24.1 Å². The van der Waals surface area contributed by atoms with Crippen LogP contribution >= 0.6 is 0 Å². The van der Waals surface area contributed by atoms with Gasteiger partial charge in [-0.15, -0.1) is 0 Å². The van der Waals surface area contributed by atoms with Gasteiger partial charge in [0.1, 0.15) is 5.75 Å². The van der Waals surface area contributed by atoms with E-state index in [0.717, 1.165) is 0 Å². The fourth-order valence-electron chi connectivity index (χ4n) is 1.42. The third-order valence-electron chi connectivity index (χ3n) is 2.27. The van der Waals surface area contributed by atoms with Gasteiger partial charge in [0.25, 0.3) is 0 Å². The molecule has 0 aliphatic rings. The molecule has 0 radical (unpaired) electrons. The zero-order valence-corrected chi connectivity index (χ0v) is 11.4. The van der Waals surface area contributed by atoms with Gasteiger partial charge >= 0.3 is 5.97 Å². The number of hydrogen-bond donors (Lipinski definition) is 0. The van der Waals surface area contributed by atoms with E-state index in [1.54, 1.807) is 24.3 Å². The Balaban J connectivity index is 2.63. The standard InChI is InChI=1S/C13H15NO4S/c1-2-7-18-13(15)10-19(16,17)9-12-5-3-11(8-14)4-6-12/h3-6H,2,7,9-10H2,1H3. The van der Waals surface area contributed by atoms with E-state index in [1.807, 2.05) is 13.0 Å². The molecule has 0 aliphatic heterocycles. The van der Waals surface area contributed by atoms with Crippen molar-refractivity contribution in [3.8, 4) is 6.07 Å². The van der Waals surface area contributed by atoms with Crippen LogP contribution in [-0.2, 0) is 25.1 Å². The molecule has 0 N–H and O–H groups in total. The minimum Gasteiger partial charge on any atom is -0.465 e. The van der Waals surface area contributed by atoms with E-state index in [9.17, 15) is 13.2 Å². The fourth-order valence-corrected chi connectivity index (χ4v) is 2.66. The maximum absolute atomic E-state index is 11.8. The molecule has 0 unspecified atom stereocenters. The van der Waals surface area contributed by atoms with Crippen LogP contribution in [0.25, 0.3) is 0 Å². The van der Waals surface area contributed by atoms with Gasteiger partial charge in [-0.25, -0.2) is 8.42 Å². The summed E-state index contributed by atoms with van der Waals surface area (Å²) in [4.78, 5) is 11.3. The molecular formula is C13H15NO4S. The first-order valence-electron chi connectivity index (χ1n) is 5.82. The van der Waals surface area contributed by atoms with Crippen LogP contribution in [-0.4, -0.2) is 26.7 Å². The Morgan fingerprint density at radius 1 is 1.32 bits per heavy atom. The van der Waals surface area contributed by atoms with E-state index in [1.165, 1.54) is 0 Å². The normalized spacial score (nSPS) is 10.7. The summed E-state index contributed by atoms with van der Waals surface area (Å²) in [6.45, 7) is 2.06. The molecule has 1 rings (SSSR count). The Labute approximate surface area is 112 Å². The van der Waals surface area contributed by atoms with Crippen molar-refractivity contribution in [2.24, 2.45) is 0 Å². The SMILES string of the molecule is CCCOC(=O)CS(=O)(=O)Cc1ccc(C#N)cc1. The lowest BCUT2D eigenvalue weighted by Gasteiger charge is -2.05.